The average molecular weight is 316 g/mol. The number of hydrogen-bond donors (Lipinski definition) is 0. The van der Waals surface area contributed by atoms with Crippen LogP contribution in [0.2, 0.25) is 0 Å². The molecule has 1 aromatic carbocycles. The fourth-order valence-electron chi connectivity index (χ4n) is 0.971. The molecule has 0 amide bonds. The predicted molar refractivity (Wildman–Crippen MR) is 59.6 cm³/mol. The van der Waals surface area contributed by atoms with Gasteiger partial charge in [0, 0.05) is 9.51 Å². The van der Waals surface area contributed by atoms with Gasteiger partial charge in [-0.05, 0) is 18.2 Å². The van der Waals surface area contributed by atoms with Crippen molar-refractivity contribution in [1.29, 1.82) is 0 Å². The molecule has 0 aliphatic heterocycles. The summed E-state index contributed by atoms with van der Waals surface area (Å²) in [5.41, 5.74) is -0.781. The highest BCUT2D eigenvalue weighted by molar-refractivity contribution is 9.10. The van der Waals surface area contributed by atoms with Crippen LogP contribution in [-0.4, -0.2) is 6.61 Å². The topological polar surface area (TPSA) is 9.23 Å². The Labute approximate surface area is 104 Å². The summed E-state index contributed by atoms with van der Waals surface area (Å²) in [7, 11) is 0. The number of rotatable bonds is 3. The lowest BCUT2D eigenvalue weighted by Crippen LogP contribution is -2.06. The van der Waals surface area contributed by atoms with Crippen molar-refractivity contribution in [2.45, 2.75) is 6.18 Å². The molecule has 0 spiro atoms. The molecular weight excluding hydrogens is 308 g/mol. The van der Waals surface area contributed by atoms with Crippen LogP contribution in [0.15, 0.2) is 34.3 Å². The normalized spacial score (nSPS) is 11.3. The molecule has 0 N–H and O–H groups in total. The number of benzene rings is 1. The molecule has 0 bridgehead atoms. The Morgan fingerprint density at radius 3 is 2.50 bits per heavy atom. The van der Waals surface area contributed by atoms with Crippen LogP contribution < -0.4 is 4.74 Å². The van der Waals surface area contributed by atoms with Gasteiger partial charge in [0.15, 0.2) is 0 Å². The van der Waals surface area contributed by atoms with Gasteiger partial charge >= 0.3 is 6.18 Å². The Kier molecular flexibility index (Phi) is 4.27. The maximum Gasteiger partial charge on any atom is 0.416 e. The maximum atomic E-state index is 12.4. The monoisotopic (exact) mass is 314 g/mol. The van der Waals surface area contributed by atoms with Gasteiger partial charge in [0.2, 0.25) is 0 Å². The fourth-order valence-corrected chi connectivity index (χ4v) is 1.50. The standard InChI is InChI=1S/C10H7BrClF3O/c1-6(12)5-16-9-3-7(10(13,14)15)2-8(11)4-9/h2-4H,1,5H2. The third kappa shape index (κ3) is 4.06. The van der Waals surface area contributed by atoms with Crippen molar-refractivity contribution in [3.05, 3.63) is 39.8 Å². The molecule has 0 aliphatic rings. The molecule has 0 heterocycles. The summed E-state index contributed by atoms with van der Waals surface area (Å²) in [6, 6.07) is 3.31. The van der Waals surface area contributed by atoms with Crippen LogP contribution in [0.25, 0.3) is 0 Å². The molecule has 0 saturated heterocycles. The summed E-state index contributed by atoms with van der Waals surface area (Å²) >= 11 is 8.42. The van der Waals surface area contributed by atoms with Gasteiger partial charge in [0.05, 0.1) is 5.56 Å². The summed E-state index contributed by atoms with van der Waals surface area (Å²) in [4.78, 5) is 0. The first-order chi connectivity index (χ1) is 7.29. The quantitative estimate of drug-likeness (QED) is 0.792. The van der Waals surface area contributed by atoms with Gasteiger partial charge in [0.25, 0.3) is 0 Å². The number of hydrogen-bond acceptors (Lipinski definition) is 1. The van der Waals surface area contributed by atoms with Crippen molar-refractivity contribution in [1.82, 2.24) is 0 Å². The van der Waals surface area contributed by atoms with E-state index in [2.05, 4.69) is 22.5 Å². The Bertz CT molecular complexity index is 404. The Morgan fingerprint density at radius 2 is 2.00 bits per heavy atom. The zero-order valence-electron chi connectivity index (χ0n) is 7.94. The highest BCUT2D eigenvalue weighted by Gasteiger charge is 2.31. The van der Waals surface area contributed by atoms with Crippen molar-refractivity contribution in [2.24, 2.45) is 0 Å². The molecule has 0 atom stereocenters. The van der Waals surface area contributed by atoms with Crippen LogP contribution in [0.3, 0.4) is 0 Å². The van der Waals surface area contributed by atoms with E-state index in [1.54, 1.807) is 0 Å². The summed E-state index contributed by atoms with van der Waals surface area (Å²) in [6.45, 7) is 3.34. The molecule has 1 rings (SSSR count). The number of alkyl halides is 3. The van der Waals surface area contributed by atoms with Gasteiger partial charge in [-0.1, -0.05) is 34.1 Å². The van der Waals surface area contributed by atoms with Gasteiger partial charge in [-0.3, -0.25) is 0 Å². The van der Waals surface area contributed by atoms with E-state index in [1.807, 2.05) is 0 Å². The van der Waals surface area contributed by atoms with Gasteiger partial charge in [0.1, 0.15) is 12.4 Å². The van der Waals surface area contributed by atoms with E-state index in [0.29, 0.717) is 0 Å². The van der Waals surface area contributed by atoms with Crippen molar-refractivity contribution in [3.63, 3.8) is 0 Å². The maximum absolute atomic E-state index is 12.4. The summed E-state index contributed by atoms with van der Waals surface area (Å²) < 4.78 is 42.6. The van der Waals surface area contributed by atoms with E-state index in [4.69, 9.17) is 16.3 Å². The molecule has 1 aromatic rings. The Balaban J connectivity index is 2.94. The zero-order valence-corrected chi connectivity index (χ0v) is 10.3. The van der Waals surface area contributed by atoms with Crippen LogP contribution in [0.1, 0.15) is 5.56 Å². The highest BCUT2D eigenvalue weighted by Crippen LogP contribution is 2.34. The fraction of sp³-hybridized carbons (Fsp3) is 0.200. The second-order valence-electron chi connectivity index (χ2n) is 2.98. The van der Waals surface area contributed by atoms with Crippen molar-refractivity contribution in [3.8, 4) is 5.75 Å². The van der Waals surface area contributed by atoms with Gasteiger partial charge in [-0.25, -0.2) is 0 Å². The summed E-state index contributed by atoms with van der Waals surface area (Å²) in [6.07, 6.45) is -4.40. The minimum absolute atomic E-state index is 0.0324. The molecule has 88 valence electrons. The third-order valence-electron chi connectivity index (χ3n) is 1.59. The van der Waals surface area contributed by atoms with Gasteiger partial charge in [-0.15, -0.1) is 0 Å². The van der Waals surface area contributed by atoms with Gasteiger partial charge in [-0.2, -0.15) is 13.2 Å². The highest BCUT2D eigenvalue weighted by atomic mass is 79.9. The molecule has 16 heavy (non-hydrogen) atoms. The van der Waals surface area contributed by atoms with E-state index in [-0.39, 0.29) is 21.9 Å². The molecule has 1 nitrogen and oxygen atoms in total. The van der Waals surface area contributed by atoms with E-state index < -0.39 is 11.7 Å². The lowest BCUT2D eigenvalue weighted by Gasteiger charge is -2.10. The minimum atomic E-state index is -4.40. The zero-order chi connectivity index (χ0) is 12.3. The van der Waals surface area contributed by atoms with E-state index >= 15 is 0 Å². The lowest BCUT2D eigenvalue weighted by molar-refractivity contribution is -0.137. The van der Waals surface area contributed by atoms with Crippen molar-refractivity contribution >= 4 is 27.5 Å². The van der Waals surface area contributed by atoms with Crippen molar-refractivity contribution < 1.29 is 17.9 Å². The van der Waals surface area contributed by atoms with E-state index in [1.165, 1.54) is 6.07 Å². The van der Waals surface area contributed by atoms with Crippen LogP contribution in [0.4, 0.5) is 13.2 Å². The van der Waals surface area contributed by atoms with Crippen molar-refractivity contribution in [2.75, 3.05) is 6.61 Å². The lowest BCUT2D eigenvalue weighted by atomic mass is 10.2. The third-order valence-corrected chi connectivity index (χ3v) is 2.16. The largest absolute Gasteiger partial charge is 0.488 e. The van der Waals surface area contributed by atoms with Crippen LogP contribution in [0.5, 0.6) is 5.75 Å². The first-order valence-corrected chi connectivity index (χ1v) is 5.30. The SMILES string of the molecule is C=C(Cl)COc1cc(Br)cc(C(F)(F)F)c1. The molecule has 0 fully saturated rings. The van der Waals surface area contributed by atoms with Gasteiger partial charge < -0.3 is 4.74 Å². The molecule has 0 radical (unpaired) electrons. The molecule has 0 saturated carbocycles. The minimum Gasteiger partial charge on any atom is -0.488 e. The van der Waals surface area contributed by atoms with Crippen LogP contribution in [0, 0.1) is 0 Å². The number of ether oxygens (including phenoxy) is 1. The first kappa shape index (κ1) is 13.4. The smallest absolute Gasteiger partial charge is 0.416 e. The molecule has 0 aromatic heterocycles. The van der Waals surface area contributed by atoms with Crippen LogP contribution in [-0.2, 0) is 6.18 Å². The summed E-state index contributed by atoms with van der Waals surface area (Å²) in [5, 5.41) is 0.216. The molecule has 0 unspecified atom stereocenters. The van der Waals surface area contributed by atoms with E-state index in [0.717, 1.165) is 12.1 Å². The Hall–Kier alpha value is -0.680. The van der Waals surface area contributed by atoms with E-state index in [9.17, 15) is 13.2 Å². The Morgan fingerprint density at radius 1 is 1.38 bits per heavy atom. The summed E-state index contributed by atoms with van der Waals surface area (Å²) in [5.74, 6) is 0.0866. The second-order valence-corrected chi connectivity index (χ2v) is 4.43. The molecular formula is C10H7BrClF3O. The molecule has 6 heteroatoms. The molecule has 0 aliphatic carbocycles. The first-order valence-electron chi connectivity index (χ1n) is 4.13. The number of halogens is 5. The predicted octanol–water partition coefficient (Wildman–Crippen LogP) is 4.60. The van der Waals surface area contributed by atoms with Crippen LogP contribution >= 0.6 is 27.5 Å². The second kappa shape index (κ2) is 5.10. The average Bonchev–Trinajstić information content (AvgIpc) is 2.12.